The highest BCUT2D eigenvalue weighted by molar-refractivity contribution is 7.95. The van der Waals surface area contributed by atoms with Crippen molar-refractivity contribution in [2.24, 2.45) is 0 Å². The summed E-state index contributed by atoms with van der Waals surface area (Å²) >= 11 is 12.2. The summed E-state index contributed by atoms with van der Waals surface area (Å²) in [6.07, 6.45) is 2.46. The van der Waals surface area contributed by atoms with Crippen LogP contribution < -0.4 is 10.3 Å². The molecule has 7 nitrogen and oxygen atoms in total. The maximum Gasteiger partial charge on any atom is 0.269 e. The monoisotopic (exact) mass is 511 g/mol. The van der Waals surface area contributed by atoms with Gasteiger partial charge in [0.15, 0.2) is 0 Å². The summed E-state index contributed by atoms with van der Waals surface area (Å²) < 4.78 is 33.2. The summed E-state index contributed by atoms with van der Waals surface area (Å²) in [7, 11) is -4.21. The molecule has 0 N–H and O–H groups in total. The van der Waals surface area contributed by atoms with Gasteiger partial charge in [-0.3, -0.25) is 9.20 Å². The molecule has 0 bridgehead atoms. The van der Waals surface area contributed by atoms with E-state index in [9.17, 15) is 18.5 Å². The number of hydrogen-bond acceptors (Lipinski definition) is 6. The highest BCUT2D eigenvalue weighted by Gasteiger charge is 2.24. The highest BCUT2D eigenvalue weighted by atomic mass is 35.5. The van der Waals surface area contributed by atoms with E-state index in [0.29, 0.717) is 16.2 Å². The summed E-state index contributed by atoms with van der Waals surface area (Å²) in [5.41, 5.74) is 0.128. The van der Waals surface area contributed by atoms with Crippen molar-refractivity contribution in [3.8, 4) is 17.7 Å². The van der Waals surface area contributed by atoms with Crippen LogP contribution in [-0.4, -0.2) is 17.8 Å². The molecule has 0 aliphatic rings. The molecule has 0 saturated heterocycles. The fourth-order valence-electron chi connectivity index (χ4n) is 3.18. The van der Waals surface area contributed by atoms with Crippen LogP contribution in [0, 0.1) is 18.3 Å². The SMILES string of the molecule is Cc1cccn2c(=O)c(C=C(C#N)S(=O)(=O)c3ccccc3)c(Oc3ccc(Cl)cc3Cl)nc12. The van der Waals surface area contributed by atoms with Gasteiger partial charge in [-0.1, -0.05) is 47.5 Å². The van der Waals surface area contributed by atoms with Crippen LogP contribution >= 0.6 is 23.2 Å². The number of rotatable bonds is 5. The van der Waals surface area contributed by atoms with Gasteiger partial charge in [-0.2, -0.15) is 10.2 Å². The molecular formula is C24H15Cl2N3O4S. The van der Waals surface area contributed by atoms with Gasteiger partial charge in [0, 0.05) is 11.2 Å². The zero-order valence-electron chi connectivity index (χ0n) is 17.6. The number of hydrogen-bond donors (Lipinski definition) is 0. The van der Waals surface area contributed by atoms with Crippen molar-refractivity contribution < 1.29 is 13.2 Å². The van der Waals surface area contributed by atoms with Crippen LogP contribution in [-0.2, 0) is 9.84 Å². The zero-order chi connectivity index (χ0) is 24.5. The third-order valence-corrected chi connectivity index (χ3v) is 7.09. The molecule has 0 aliphatic carbocycles. The third-order valence-electron chi connectivity index (χ3n) is 4.88. The Kier molecular flexibility index (Phi) is 6.44. The van der Waals surface area contributed by atoms with Crippen molar-refractivity contribution in [3.63, 3.8) is 0 Å². The van der Waals surface area contributed by atoms with Crippen LogP contribution in [0.25, 0.3) is 11.7 Å². The van der Waals surface area contributed by atoms with Crippen molar-refractivity contribution in [3.05, 3.63) is 103 Å². The lowest BCUT2D eigenvalue weighted by Crippen LogP contribution is -2.20. The fourth-order valence-corrected chi connectivity index (χ4v) is 4.79. The maximum atomic E-state index is 13.4. The lowest BCUT2D eigenvalue weighted by atomic mass is 10.2. The molecule has 0 unspecified atom stereocenters. The first kappa shape index (κ1) is 23.5. The molecule has 0 saturated carbocycles. The predicted octanol–water partition coefficient (Wildman–Crippen LogP) is 5.44. The number of nitrogens with zero attached hydrogens (tertiary/aromatic N) is 3. The molecule has 0 spiro atoms. The highest BCUT2D eigenvalue weighted by Crippen LogP contribution is 2.33. The summed E-state index contributed by atoms with van der Waals surface area (Å²) in [4.78, 5) is 17.1. The van der Waals surface area contributed by atoms with E-state index in [1.54, 1.807) is 31.2 Å². The fraction of sp³-hybridized carbons (Fsp3) is 0.0417. The van der Waals surface area contributed by atoms with E-state index in [4.69, 9.17) is 27.9 Å². The molecule has 34 heavy (non-hydrogen) atoms. The Balaban J connectivity index is 1.99. The van der Waals surface area contributed by atoms with Crippen LogP contribution in [0.15, 0.2) is 81.5 Å². The normalized spacial score (nSPS) is 11.9. The van der Waals surface area contributed by atoms with Gasteiger partial charge in [-0.05, 0) is 55.0 Å². The smallest absolute Gasteiger partial charge is 0.269 e. The lowest BCUT2D eigenvalue weighted by molar-refractivity contribution is 0.461. The number of allylic oxidation sites excluding steroid dienone is 1. The van der Waals surface area contributed by atoms with Gasteiger partial charge >= 0.3 is 0 Å². The van der Waals surface area contributed by atoms with Crippen LogP contribution in [0.3, 0.4) is 0 Å². The topological polar surface area (TPSA) is 102 Å². The Morgan fingerprint density at radius 1 is 1.12 bits per heavy atom. The number of fused-ring (bicyclic) bond motifs is 1. The number of ether oxygens (including phenoxy) is 1. The van der Waals surface area contributed by atoms with Crippen LogP contribution in [0.1, 0.15) is 11.1 Å². The van der Waals surface area contributed by atoms with Crippen molar-refractivity contribution in [1.82, 2.24) is 9.38 Å². The minimum atomic E-state index is -4.21. The number of aryl methyl sites for hydroxylation is 1. The van der Waals surface area contributed by atoms with Crippen LogP contribution in [0.2, 0.25) is 10.0 Å². The van der Waals surface area contributed by atoms with Gasteiger partial charge < -0.3 is 4.74 Å². The molecule has 0 radical (unpaired) electrons. The van der Waals surface area contributed by atoms with E-state index in [0.717, 1.165) is 6.08 Å². The molecule has 4 rings (SSSR count). The molecule has 10 heteroatoms. The molecule has 2 heterocycles. The Morgan fingerprint density at radius 2 is 1.85 bits per heavy atom. The summed E-state index contributed by atoms with van der Waals surface area (Å²) in [6.45, 7) is 1.76. The van der Waals surface area contributed by atoms with Crippen molar-refractivity contribution >= 4 is 44.8 Å². The van der Waals surface area contributed by atoms with Gasteiger partial charge in [0.2, 0.25) is 15.7 Å². The predicted molar refractivity (Wildman–Crippen MR) is 130 cm³/mol. The minimum Gasteiger partial charge on any atom is -0.437 e. The second-order valence-electron chi connectivity index (χ2n) is 7.13. The largest absolute Gasteiger partial charge is 0.437 e. The van der Waals surface area contributed by atoms with Crippen molar-refractivity contribution in [2.45, 2.75) is 11.8 Å². The molecular weight excluding hydrogens is 497 g/mol. The van der Waals surface area contributed by atoms with Crippen molar-refractivity contribution in [2.75, 3.05) is 0 Å². The van der Waals surface area contributed by atoms with Crippen molar-refractivity contribution in [1.29, 1.82) is 5.26 Å². The summed E-state index contributed by atoms with van der Waals surface area (Å²) in [5.74, 6) is -0.0606. The summed E-state index contributed by atoms with van der Waals surface area (Å²) in [5, 5.41) is 10.2. The van der Waals surface area contributed by atoms with Gasteiger partial charge in [0.25, 0.3) is 5.56 Å². The van der Waals surface area contributed by atoms with E-state index in [-0.39, 0.29) is 27.1 Å². The van der Waals surface area contributed by atoms with E-state index in [2.05, 4.69) is 4.98 Å². The maximum absolute atomic E-state index is 13.4. The van der Waals surface area contributed by atoms with E-state index in [1.807, 2.05) is 0 Å². The Hall–Kier alpha value is -3.64. The van der Waals surface area contributed by atoms with E-state index >= 15 is 0 Å². The lowest BCUT2D eigenvalue weighted by Gasteiger charge is -2.12. The number of benzene rings is 2. The zero-order valence-corrected chi connectivity index (χ0v) is 19.9. The van der Waals surface area contributed by atoms with Crippen LogP contribution in [0.5, 0.6) is 11.6 Å². The molecule has 0 atom stereocenters. The first-order valence-electron chi connectivity index (χ1n) is 9.79. The average Bonchev–Trinajstić information content (AvgIpc) is 2.82. The number of nitriles is 1. The molecule has 2 aromatic carbocycles. The standard InChI is InChI=1S/C24H15Cl2N3O4S/c1-15-6-5-11-29-22(15)28-23(33-21-10-9-16(25)12-20(21)26)19(24(29)30)13-18(14-27)34(31,32)17-7-3-2-4-8-17/h2-13H,1H3. The second kappa shape index (κ2) is 9.31. The van der Waals surface area contributed by atoms with Gasteiger partial charge in [-0.15, -0.1) is 0 Å². The van der Waals surface area contributed by atoms with Gasteiger partial charge in [0.05, 0.1) is 9.92 Å². The van der Waals surface area contributed by atoms with Gasteiger partial charge in [-0.25, -0.2) is 8.42 Å². The number of pyridine rings is 1. The molecule has 2 aromatic heterocycles. The molecule has 170 valence electrons. The second-order valence-corrected chi connectivity index (χ2v) is 9.90. The number of sulfone groups is 1. The Morgan fingerprint density at radius 3 is 2.53 bits per heavy atom. The quantitative estimate of drug-likeness (QED) is 0.330. The van der Waals surface area contributed by atoms with E-state index < -0.39 is 20.3 Å². The first-order valence-corrected chi connectivity index (χ1v) is 12.0. The van der Waals surface area contributed by atoms with Gasteiger partial charge in [0.1, 0.15) is 27.9 Å². The summed E-state index contributed by atoms with van der Waals surface area (Å²) in [6, 6.07) is 17.0. The minimum absolute atomic E-state index is 0.0873. The van der Waals surface area contributed by atoms with E-state index in [1.165, 1.54) is 53.1 Å². The number of aromatic nitrogens is 2. The third kappa shape index (κ3) is 4.41. The molecule has 0 amide bonds. The Labute approximate surface area is 205 Å². The van der Waals surface area contributed by atoms with Crippen LogP contribution in [0.4, 0.5) is 0 Å². The molecule has 4 aromatic rings. The number of halogens is 2. The average molecular weight is 512 g/mol. The molecule has 0 fully saturated rings. The first-order chi connectivity index (χ1) is 16.2. The molecule has 0 aliphatic heterocycles. The Bertz CT molecular complexity index is 1660.